The molecule has 1 fully saturated rings. The largest absolute Gasteiger partial charge is 0.388 e. The molecule has 0 radical (unpaired) electrons. The molecular weight excluding hydrogens is 328 g/mol. The molecule has 2 aromatic rings. The molecule has 0 amide bonds. The van der Waals surface area contributed by atoms with Crippen molar-refractivity contribution in [2.75, 3.05) is 0 Å². The first-order chi connectivity index (χ1) is 11.5. The maximum absolute atomic E-state index is 12.4. The summed E-state index contributed by atoms with van der Waals surface area (Å²) in [6.07, 6.45) is 5.95. The molecule has 6 heteroatoms. The van der Waals surface area contributed by atoms with Gasteiger partial charge in [-0.15, -0.1) is 0 Å². The second kappa shape index (κ2) is 6.87. The average Bonchev–Trinajstić information content (AvgIpc) is 2.57. The number of nitrogens with zero attached hydrogens (tertiary/aromatic N) is 2. The standard InChI is InChI=1S/C18H19ClN2O3/c19-14-6-4-13(5-7-14)16(22)15-8-11-21(17(23)20-15)12-18(24)9-2-1-3-10-18/h4-8,11,24H,1-3,9-10,12H2. The Hall–Kier alpha value is -1.98. The number of halogens is 1. The van der Waals surface area contributed by atoms with Crippen LogP contribution in [0.5, 0.6) is 0 Å². The van der Waals surface area contributed by atoms with Crippen LogP contribution in [0.2, 0.25) is 5.02 Å². The number of benzene rings is 1. The number of carbonyl (C=O) groups excluding carboxylic acids is 1. The van der Waals surface area contributed by atoms with Crippen molar-refractivity contribution in [1.29, 1.82) is 0 Å². The summed E-state index contributed by atoms with van der Waals surface area (Å²) >= 11 is 5.81. The molecule has 1 aromatic carbocycles. The number of hydrogen-bond acceptors (Lipinski definition) is 4. The van der Waals surface area contributed by atoms with Gasteiger partial charge in [-0.05, 0) is 43.2 Å². The summed E-state index contributed by atoms with van der Waals surface area (Å²) in [5.74, 6) is -0.327. The van der Waals surface area contributed by atoms with Gasteiger partial charge in [0.05, 0.1) is 12.1 Å². The molecule has 0 aliphatic heterocycles. The number of carbonyl (C=O) groups is 1. The van der Waals surface area contributed by atoms with Gasteiger partial charge in [0.25, 0.3) is 0 Å². The minimum Gasteiger partial charge on any atom is -0.388 e. The molecule has 1 N–H and O–H groups in total. The van der Waals surface area contributed by atoms with E-state index in [-0.39, 0.29) is 18.0 Å². The van der Waals surface area contributed by atoms with Crippen LogP contribution >= 0.6 is 11.6 Å². The zero-order valence-electron chi connectivity index (χ0n) is 13.2. The maximum Gasteiger partial charge on any atom is 0.348 e. The Kier molecular flexibility index (Phi) is 4.83. The van der Waals surface area contributed by atoms with Crippen LogP contribution in [0.3, 0.4) is 0 Å². The number of rotatable bonds is 4. The van der Waals surface area contributed by atoms with E-state index in [4.69, 9.17) is 11.6 Å². The summed E-state index contributed by atoms with van der Waals surface area (Å²) in [5, 5.41) is 11.1. The molecule has 0 unspecified atom stereocenters. The van der Waals surface area contributed by atoms with Crippen molar-refractivity contribution in [3.8, 4) is 0 Å². The van der Waals surface area contributed by atoms with Crippen molar-refractivity contribution in [1.82, 2.24) is 9.55 Å². The number of ketones is 1. The van der Waals surface area contributed by atoms with Gasteiger partial charge in [-0.25, -0.2) is 4.79 Å². The minimum atomic E-state index is -0.856. The lowest BCUT2D eigenvalue weighted by molar-refractivity contribution is -0.0125. The topological polar surface area (TPSA) is 72.2 Å². The summed E-state index contributed by atoms with van der Waals surface area (Å²) in [4.78, 5) is 28.5. The first kappa shape index (κ1) is 16.9. The zero-order chi connectivity index (χ0) is 17.2. The second-order valence-electron chi connectivity index (χ2n) is 6.34. The summed E-state index contributed by atoms with van der Waals surface area (Å²) in [5.41, 5.74) is -0.858. The summed E-state index contributed by atoms with van der Waals surface area (Å²) in [6.45, 7) is 0.217. The quantitative estimate of drug-likeness (QED) is 0.864. The molecule has 1 saturated carbocycles. The van der Waals surface area contributed by atoms with E-state index >= 15 is 0 Å². The Morgan fingerprint density at radius 3 is 2.46 bits per heavy atom. The van der Waals surface area contributed by atoms with Crippen LogP contribution < -0.4 is 5.69 Å². The highest BCUT2D eigenvalue weighted by Crippen LogP contribution is 2.29. The van der Waals surface area contributed by atoms with Crippen molar-refractivity contribution in [2.45, 2.75) is 44.2 Å². The van der Waals surface area contributed by atoms with E-state index in [1.165, 1.54) is 16.8 Å². The second-order valence-corrected chi connectivity index (χ2v) is 6.78. The van der Waals surface area contributed by atoms with E-state index in [1.54, 1.807) is 24.3 Å². The van der Waals surface area contributed by atoms with Crippen molar-refractivity contribution in [3.05, 3.63) is 63.3 Å². The van der Waals surface area contributed by atoms with E-state index in [0.29, 0.717) is 23.4 Å². The van der Waals surface area contributed by atoms with Crippen LogP contribution in [0, 0.1) is 0 Å². The third-order valence-electron chi connectivity index (χ3n) is 4.46. The van der Waals surface area contributed by atoms with Gasteiger partial charge >= 0.3 is 5.69 Å². The highest BCUT2D eigenvalue weighted by Gasteiger charge is 2.30. The molecule has 0 bridgehead atoms. The minimum absolute atomic E-state index is 0.0919. The molecule has 24 heavy (non-hydrogen) atoms. The monoisotopic (exact) mass is 346 g/mol. The fraction of sp³-hybridized carbons (Fsp3) is 0.389. The maximum atomic E-state index is 12.4. The third kappa shape index (κ3) is 3.74. The van der Waals surface area contributed by atoms with Crippen LogP contribution in [0.15, 0.2) is 41.3 Å². The lowest BCUT2D eigenvalue weighted by Crippen LogP contribution is -2.40. The fourth-order valence-corrected chi connectivity index (χ4v) is 3.24. The van der Waals surface area contributed by atoms with Crippen LogP contribution in [0.1, 0.15) is 48.2 Å². The number of hydrogen-bond donors (Lipinski definition) is 1. The molecule has 5 nitrogen and oxygen atoms in total. The zero-order valence-corrected chi connectivity index (χ0v) is 14.0. The van der Waals surface area contributed by atoms with Crippen LogP contribution in [-0.2, 0) is 6.54 Å². The third-order valence-corrected chi connectivity index (χ3v) is 4.71. The van der Waals surface area contributed by atoms with E-state index in [1.807, 2.05) is 0 Å². The Balaban J connectivity index is 1.80. The molecule has 1 aromatic heterocycles. The van der Waals surface area contributed by atoms with Crippen LogP contribution in [0.25, 0.3) is 0 Å². The van der Waals surface area contributed by atoms with Crippen molar-refractivity contribution in [3.63, 3.8) is 0 Å². The molecule has 0 saturated heterocycles. The van der Waals surface area contributed by atoms with Crippen molar-refractivity contribution < 1.29 is 9.90 Å². The molecule has 0 spiro atoms. The summed E-state index contributed by atoms with van der Waals surface area (Å²) in [7, 11) is 0. The van der Waals surface area contributed by atoms with Gasteiger partial charge in [0.1, 0.15) is 5.69 Å². The SMILES string of the molecule is O=C(c1ccc(Cl)cc1)c1ccn(CC2(O)CCCCC2)c(=O)n1. The van der Waals surface area contributed by atoms with Gasteiger partial charge in [-0.1, -0.05) is 30.9 Å². The average molecular weight is 347 g/mol. The molecule has 126 valence electrons. The van der Waals surface area contributed by atoms with Gasteiger partial charge in [0, 0.05) is 16.8 Å². The number of aliphatic hydroxyl groups is 1. The van der Waals surface area contributed by atoms with Crippen LogP contribution in [0.4, 0.5) is 0 Å². The predicted molar refractivity (Wildman–Crippen MR) is 91.4 cm³/mol. The Bertz CT molecular complexity index is 793. The molecule has 1 aliphatic rings. The molecule has 1 heterocycles. The van der Waals surface area contributed by atoms with Gasteiger partial charge in [0.15, 0.2) is 0 Å². The van der Waals surface area contributed by atoms with Gasteiger partial charge in [-0.2, -0.15) is 4.98 Å². The lowest BCUT2D eigenvalue weighted by Gasteiger charge is -2.32. The fourth-order valence-electron chi connectivity index (χ4n) is 3.11. The first-order valence-electron chi connectivity index (χ1n) is 8.07. The Morgan fingerprint density at radius 2 is 1.83 bits per heavy atom. The smallest absolute Gasteiger partial charge is 0.348 e. The first-order valence-corrected chi connectivity index (χ1v) is 8.45. The van der Waals surface area contributed by atoms with Gasteiger partial charge in [0.2, 0.25) is 5.78 Å². The number of aromatic nitrogens is 2. The molecule has 1 aliphatic carbocycles. The Morgan fingerprint density at radius 1 is 1.17 bits per heavy atom. The molecule has 0 atom stereocenters. The summed E-state index contributed by atoms with van der Waals surface area (Å²) in [6, 6.07) is 7.96. The van der Waals surface area contributed by atoms with E-state index in [0.717, 1.165) is 19.3 Å². The summed E-state index contributed by atoms with van der Waals surface area (Å²) < 4.78 is 1.38. The van der Waals surface area contributed by atoms with E-state index in [2.05, 4.69) is 4.98 Å². The normalized spacial score (nSPS) is 16.8. The van der Waals surface area contributed by atoms with Gasteiger partial charge < -0.3 is 5.11 Å². The van der Waals surface area contributed by atoms with E-state index in [9.17, 15) is 14.7 Å². The van der Waals surface area contributed by atoms with E-state index < -0.39 is 11.3 Å². The Labute approximate surface area is 144 Å². The predicted octanol–water partition coefficient (Wildman–Crippen LogP) is 2.82. The van der Waals surface area contributed by atoms with Gasteiger partial charge in [-0.3, -0.25) is 9.36 Å². The molecular formula is C18H19ClN2O3. The van der Waals surface area contributed by atoms with Crippen LogP contribution in [-0.4, -0.2) is 26.0 Å². The lowest BCUT2D eigenvalue weighted by atomic mass is 9.85. The molecule has 3 rings (SSSR count). The van der Waals surface area contributed by atoms with Crippen molar-refractivity contribution >= 4 is 17.4 Å². The highest BCUT2D eigenvalue weighted by molar-refractivity contribution is 6.30. The van der Waals surface area contributed by atoms with Crippen molar-refractivity contribution in [2.24, 2.45) is 0 Å². The highest BCUT2D eigenvalue weighted by atomic mass is 35.5.